The topological polar surface area (TPSA) is 119 Å². The van der Waals surface area contributed by atoms with E-state index in [-0.39, 0.29) is 18.0 Å². The molecule has 0 bridgehead atoms. The summed E-state index contributed by atoms with van der Waals surface area (Å²) < 4.78 is 5.82. The van der Waals surface area contributed by atoms with Crippen molar-refractivity contribution < 1.29 is 24.2 Å². The molecule has 0 aliphatic carbocycles. The minimum absolute atomic E-state index is 0.0537. The second-order valence-corrected chi connectivity index (χ2v) is 11.6. The van der Waals surface area contributed by atoms with Crippen molar-refractivity contribution in [1.29, 1.82) is 0 Å². The minimum Gasteiger partial charge on any atom is -0.480 e. The number of ether oxygens (including phenoxy) is 1. The number of allylic oxidation sites excluding steroid dienone is 6. The molecule has 7 heteroatoms. The highest BCUT2D eigenvalue weighted by molar-refractivity contribution is 5.83. The first kappa shape index (κ1) is 40.6. The van der Waals surface area contributed by atoms with Crippen LogP contribution in [0.4, 0.5) is 0 Å². The summed E-state index contributed by atoms with van der Waals surface area (Å²) >= 11 is 0. The van der Waals surface area contributed by atoms with Crippen LogP contribution < -0.4 is 11.1 Å². The first-order valence-corrected chi connectivity index (χ1v) is 17.3. The lowest BCUT2D eigenvalue weighted by Crippen LogP contribution is -2.40. The Kier molecular flexibility index (Phi) is 29.3. The van der Waals surface area contributed by atoms with Crippen molar-refractivity contribution in [2.24, 2.45) is 5.73 Å². The Bertz CT molecular complexity index is 778. The molecule has 0 aromatic rings. The molecule has 0 aromatic carbocycles. The third-order valence-electron chi connectivity index (χ3n) is 7.47. The van der Waals surface area contributed by atoms with Gasteiger partial charge in [0.2, 0.25) is 5.91 Å². The standard InChI is InChI=1S/C36H64N2O5/c1-3-5-7-8-9-10-11-12-13-14-15-16-17-18-19-20-24-30-35(40)43-32(26-6-4-2)27-22-21-23-29-34(39)38-33(36(41)42)28-25-31-37/h5,7,9-10,12-13,32-33H,3-4,6,8,11,14-31,37H2,1-2H3,(H,38,39)(H,41,42)/b7-5-,10-9-,13-12-. The van der Waals surface area contributed by atoms with Crippen molar-refractivity contribution >= 4 is 17.8 Å². The molecule has 1 amide bonds. The van der Waals surface area contributed by atoms with E-state index in [4.69, 9.17) is 10.5 Å². The van der Waals surface area contributed by atoms with Crippen molar-refractivity contribution in [3.05, 3.63) is 36.5 Å². The maximum atomic E-state index is 12.4. The molecule has 2 unspecified atom stereocenters. The number of hydrogen-bond acceptors (Lipinski definition) is 5. The summed E-state index contributed by atoms with van der Waals surface area (Å²) in [4.78, 5) is 35.8. The summed E-state index contributed by atoms with van der Waals surface area (Å²) in [6.45, 7) is 4.69. The molecule has 0 saturated heterocycles. The SMILES string of the molecule is CC/C=C\C/C=C\C/C=C\CCCCCCCCCC(=O)OC(CCCC)CCCCCC(=O)NC(CCCN)C(=O)O. The molecule has 0 radical (unpaired) electrons. The number of nitrogens with one attached hydrogen (secondary N) is 1. The first-order valence-electron chi connectivity index (χ1n) is 17.3. The van der Waals surface area contributed by atoms with Crippen LogP contribution in [0.25, 0.3) is 0 Å². The fourth-order valence-electron chi connectivity index (χ4n) is 4.86. The Hall–Kier alpha value is -2.41. The van der Waals surface area contributed by atoms with Crippen molar-refractivity contribution in [1.82, 2.24) is 5.32 Å². The van der Waals surface area contributed by atoms with E-state index in [2.05, 4.69) is 55.6 Å². The fraction of sp³-hybridized carbons (Fsp3) is 0.750. The minimum atomic E-state index is -1.02. The van der Waals surface area contributed by atoms with E-state index in [1.165, 1.54) is 32.1 Å². The van der Waals surface area contributed by atoms with Gasteiger partial charge in [0.25, 0.3) is 0 Å². The van der Waals surface area contributed by atoms with Crippen LogP contribution in [-0.4, -0.2) is 41.6 Å². The van der Waals surface area contributed by atoms with Crippen LogP contribution in [0.15, 0.2) is 36.5 Å². The van der Waals surface area contributed by atoms with Gasteiger partial charge in [-0.25, -0.2) is 4.79 Å². The Morgan fingerprint density at radius 1 is 0.698 bits per heavy atom. The molecule has 0 fully saturated rings. The van der Waals surface area contributed by atoms with Crippen molar-refractivity contribution in [2.75, 3.05) is 6.54 Å². The van der Waals surface area contributed by atoms with Gasteiger partial charge in [-0.05, 0) is 83.6 Å². The van der Waals surface area contributed by atoms with Gasteiger partial charge in [-0.15, -0.1) is 0 Å². The van der Waals surface area contributed by atoms with E-state index < -0.39 is 12.0 Å². The summed E-state index contributed by atoms with van der Waals surface area (Å²) in [7, 11) is 0. The lowest BCUT2D eigenvalue weighted by molar-refractivity contribution is -0.150. The first-order chi connectivity index (χ1) is 20.9. The van der Waals surface area contributed by atoms with E-state index in [0.29, 0.717) is 38.6 Å². The molecule has 43 heavy (non-hydrogen) atoms. The van der Waals surface area contributed by atoms with E-state index >= 15 is 0 Å². The van der Waals surface area contributed by atoms with E-state index in [9.17, 15) is 19.5 Å². The van der Waals surface area contributed by atoms with Crippen LogP contribution in [0, 0.1) is 0 Å². The molecule has 0 aliphatic rings. The number of unbranched alkanes of at least 4 members (excludes halogenated alkanes) is 10. The quantitative estimate of drug-likeness (QED) is 0.0429. The highest BCUT2D eigenvalue weighted by atomic mass is 16.5. The van der Waals surface area contributed by atoms with Crippen LogP contribution in [0.5, 0.6) is 0 Å². The Balaban J connectivity index is 3.92. The van der Waals surface area contributed by atoms with Gasteiger partial charge in [0.1, 0.15) is 12.1 Å². The van der Waals surface area contributed by atoms with Crippen LogP contribution in [0.2, 0.25) is 0 Å². The maximum absolute atomic E-state index is 12.4. The van der Waals surface area contributed by atoms with Crippen molar-refractivity contribution in [2.45, 2.75) is 167 Å². The van der Waals surface area contributed by atoms with Gasteiger partial charge in [-0.3, -0.25) is 9.59 Å². The lowest BCUT2D eigenvalue weighted by atomic mass is 10.0. The number of nitrogens with two attached hydrogens (primary N) is 1. The predicted octanol–water partition coefficient (Wildman–Crippen LogP) is 8.72. The van der Waals surface area contributed by atoms with Crippen LogP contribution in [0.1, 0.15) is 155 Å². The fourth-order valence-corrected chi connectivity index (χ4v) is 4.86. The molecule has 2 atom stereocenters. The molecule has 0 rings (SSSR count). The zero-order chi connectivity index (χ0) is 31.8. The second kappa shape index (κ2) is 31.0. The van der Waals surface area contributed by atoms with Crippen LogP contribution in [-0.2, 0) is 19.1 Å². The molecule has 0 saturated carbocycles. The molecule has 0 spiro atoms. The summed E-state index contributed by atoms with van der Waals surface area (Å²) in [5.41, 5.74) is 5.45. The Labute approximate surface area is 263 Å². The zero-order valence-electron chi connectivity index (χ0n) is 27.5. The molecule has 0 aromatic heterocycles. The number of aliphatic carboxylic acids is 1. The number of carboxylic acids is 1. The number of carboxylic acid groups (broad SMARTS) is 1. The second-order valence-electron chi connectivity index (χ2n) is 11.6. The van der Waals surface area contributed by atoms with Gasteiger partial charge < -0.3 is 20.9 Å². The van der Waals surface area contributed by atoms with Gasteiger partial charge >= 0.3 is 11.9 Å². The molecular formula is C36H64N2O5. The molecule has 0 aliphatic heterocycles. The normalized spacial score (nSPS) is 13.2. The summed E-state index contributed by atoms with van der Waals surface area (Å²) in [5, 5.41) is 11.8. The number of hydrogen-bond donors (Lipinski definition) is 3. The smallest absolute Gasteiger partial charge is 0.326 e. The molecule has 0 heterocycles. The number of rotatable bonds is 30. The van der Waals surface area contributed by atoms with Crippen LogP contribution >= 0.6 is 0 Å². The van der Waals surface area contributed by atoms with Gasteiger partial charge in [-0.1, -0.05) is 102 Å². The number of esters is 1. The summed E-state index contributed by atoms with van der Waals surface area (Å²) in [5.74, 6) is -1.34. The lowest BCUT2D eigenvalue weighted by Gasteiger charge is -2.18. The average Bonchev–Trinajstić information content (AvgIpc) is 2.99. The highest BCUT2D eigenvalue weighted by Crippen LogP contribution is 2.17. The van der Waals surface area contributed by atoms with E-state index in [0.717, 1.165) is 77.0 Å². The summed E-state index contributed by atoms with van der Waals surface area (Å²) in [6, 6.07) is -0.873. The Morgan fingerprint density at radius 3 is 1.93 bits per heavy atom. The third-order valence-corrected chi connectivity index (χ3v) is 7.47. The summed E-state index contributed by atoms with van der Waals surface area (Å²) in [6.07, 6.45) is 33.8. The third kappa shape index (κ3) is 28.1. The largest absolute Gasteiger partial charge is 0.480 e. The van der Waals surface area contributed by atoms with E-state index in [1.54, 1.807) is 0 Å². The Morgan fingerprint density at radius 2 is 1.28 bits per heavy atom. The average molecular weight is 605 g/mol. The molecular weight excluding hydrogens is 540 g/mol. The van der Waals surface area contributed by atoms with Crippen molar-refractivity contribution in [3.63, 3.8) is 0 Å². The van der Waals surface area contributed by atoms with Crippen molar-refractivity contribution in [3.8, 4) is 0 Å². The van der Waals surface area contributed by atoms with Crippen LogP contribution in [0.3, 0.4) is 0 Å². The number of carbonyl (C=O) groups is 3. The molecule has 7 nitrogen and oxygen atoms in total. The van der Waals surface area contributed by atoms with Gasteiger partial charge in [0.15, 0.2) is 0 Å². The maximum Gasteiger partial charge on any atom is 0.326 e. The predicted molar refractivity (Wildman–Crippen MR) is 179 cm³/mol. The monoisotopic (exact) mass is 604 g/mol. The van der Waals surface area contributed by atoms with Gasteiger partial charge in [0, 0.05) is 12.8 Å². The van der Waals surface area contributed by atoms with Gasteiger partial charge in [-0.2, -0.15) is 0 Å². The van der Waals surface area contributed by atoms with E-state index in [1.807, 2.05) is 0 Å². The molecule has 248 valence electrons. The molecule has 4 N–H and O–H groups in total. The zero-order valence-corrected chi connectivity index (χ0v) is 27.5. The highest BCUT2D eigenvalue weighted by Gasteiger charge is 2.19. The van der Waals surface area contributed by atoms with Gasteiger partial charge in [0.05, 0.1) is 0 Å². The number of amides is 1. The number of carbonyl (C=O) groups excluding carboxylic acids is 2.